The molecule has 2 saturated carbocycles. The van der Waals surface area contributed by atoms with Crippen LogP contribution in [0.15, 0.2) is 12.1 Å². The normalized spacial score (nSPS) is 36.4. The molecule has 0 unspecified atom stereocenters. The molecule has 3 aliphatic rings. The van der Waals surface area contributed by atoms with Crippen molar-refractivity contribution in [1.29, 1.82) is 0 Å². The first kappa shape index (κ1) is 17.1. The predicted octanol–water partition coefficient (Wildman–Crippen LogP) is 5.87. The molecule has 0 aromatic heterocycles. The number of aldehydes is 1. The zero-order valence-corrected chi connectivity index (χ0v) is 15.8. The summed E-state index contributed by atoms with van der Waals surface area (Å²) in [6, 6.07) is 3.86. The molecule has 4 rings (SSSR count). The second-order valence-electron chi connectivity index (χ2n) is 9.10. The molecular formula is C23H32O2. The average molecular weight is 341 g/mol. The van der Waals surface area contributed by atoms with E-state index in [0.29, 0.717) is 16.9 Å². The van der Waals surface area contributed by atoms with Crippen molar-refractivity contribution < 1.29 is 9.90 Å². The minimum atomic E-state index is 0.161. The van der Waals surface area contributed by atoms with Crippen LogP contribution in [0.5, 0.6) is 5.75 Å². The Bertz CT molecular complexity index is 664. The van der Waals surface area contributed by atoms with E-state index < -0.39 is 0 Å². The number of aryl methyl sites for hydroxylation is 1. The van der Waals surface area contributed by atoms with Crippen molar-refractivity contribution in [2.45, 2.75) is 77.6 Å². The Balaban J connectivity index is 1.63. The number of hydrogen-bond acceptors (Lipinski definition) is 2. The Morgan fingerprint density at radius 1 is 1.24 bits per heavy atom. The summed E-state index contributed by atoms with van der Waals surface area (Å²) < 4.78 is 0. The van der Waals surface area contributed by atoms with Gasteiger partial charge in [0.2, 0.25) is 0 Å². The van der Waals surface area contributed by atoms with E-state index in [0.717, 1.165) is 30.5 Å². The highest BCUT2D eigenvalue weighted by Gasteiger charge is 2.54. The van der Waals surface area contributed by atoms with E-state index in [1.807, 2.05) is 12.1 Å². The Hall–Kier alpha value is -1.31. The van der Waals surface area contributed by atoms with E-state index in [9.17, 15) is 9.90 Å². The van der Waals surface area contributed by atoms with Crippen molar-refractivity contribution in [3.63, 3.8) is 0 Å². The van der Waals surface area contributed by atoms with Gasteiger partial charge in [-0.15, -0.1) is 0 Å². The van der Waals surface area contributed by atoms with E-state index in [2.05, 4.69) is 13.8 Å². The number of benzene rings is 1. The first-order chi connectivity index (χ1) is 12.1. The Kier molecular flexibility index (Phi) is 4.42. The van der Waals surface area contributed by atoms with Crippen LogP contribution in [0.3, 0.4) is 0 Å². The molecule has 0 saturated heterocycles. The van der Waals surface area contributed by atoms with Crippen molar-refractivity contribution in [3.8, 4) is 5.75 Å². The molecule has 0 heterocycles. The van der Waals surface area contributed by atoms with E-state index in [1.165, 1.54) is 62.5 Å². The smallest absolute Gasteiger partial charge is 0.153 e. The highest BCUT2D eigenvalue weighted by Crippen LogP contribution is 2.63. The summed E-state index contributed by atoms with van der Waals surface area (Å²) >= 11 is 0. The number of hydrogen-bond donors (Lipinski definition) is 1. The Morgan fingerprint density at radius 3 is 2.84 bits per heavy atom. The van der Waals surface area contributed by atoms with Crippen molar-refractivity contribution in [2.24, 2.45) is 23.2 Å². The topological polar surface area (TPSA) is 37.3 Å². The summed E-state index contributed by atoms with van der Waals surface area (Å²) in [5.74, 6) is 3.32. The fraction of sp³-hybridized carbons (Fsp3) is 0.696. The van der Waals surface area contributed by atoms with E-state index in [-0.39, 0.29) is 5.75 Å². The van der Waals surface area contributed by atoms with E-state index >= 15 is 0 Å². The first-order valence-electron chi connectivity index (χ1n) is 10.4. The third-order valence-corrected chi connectivity index (χ3v) is 8.10. The van der Waals surface area contributed by atoms with Crippen LogP contribution in [0, 0.1) is 23.2 Å². The lowest BCUT2D eigenvalue weighted by molar-refractivity contribution is 0.0253. The summed E-state index contributed by atoms with van der Waals surface area (Å²) in [7, 11) is 0. The lowest BCUT2D eigenvalue weighted by Gasteiger charge is -2.51. The summed E-state index contributed by atoms with van der Waals surface area (Å²) in [5.41, 5.74) is 3.67. The van der Waals surface area contributed by atoms with Gasteiger partial charge in [-0.25, -0.2) is 0 Å². The molecule has 25 heavy (non-hydrogen) atoms. The highest BCUT2D eigenvalue weighted by molar-refractivity contribution is 5.80. The maximum Gasteiger partial charge on any atom is 0.153 e. The van der Waals surface area contributed by atoms with Gasteiger partial charge in [-0.3, -0.25) is 4.79 Å². The van der Waals surface area contributed by atoms with Crippen molar-refractivity contribution in [1.82, 2.24) is 0 Å². The lowest BCUT2D eigenvalue weighted by atomic mass is 9.54. The monoisotopic (exact) mass is 340 g/mol. The lowest BCUT2D eigenvalue weighted by Crippen LogP contribution is -2.42. The number of phenols is 1. The number of rotatable bonds is 4. The summed E-state index contributed by atoms with van der Waals surface area (Å²) in [6.07, 6.45) is 12.7. The third-order valence-electron chi connectivity index (χ3n) is 8.10. The van der Waals surface area contributed by atoms with Crippen molar-refractivity contribution in [2.75, 3.05) is 0 Å². The molecule has 136 valence electrons. The van der Waals surface area contributed by atoms with Gasteiger partial charge in [0.25, 0.3) is 0 Å². The van der Waals surface area contributed by atoms with Gasteiger partial charge in [0.15, 0.2) is 6.29 Å². The van der Waals surface area contributed by atoms with Crippen molar-refractivity contribution >= 4 is 6.29 Å². The molecule has 1 aromatic carbocycles. The standard InChI is InChI=1S/C23H32O2/c1-3-4-5-17-7-9-21-19-8-6-15-13-22(25)16(14-24)12-20(15)18(19)10-11-23(17,21)2/h12-14,17-19,21,25H,3-11H2,1-2H3/t17-,18-,19+,21-,23+/m0/s1. The first-order valence-corrected chi connectivity index (χ1v) is 10.4. The fourth-order valence-electron chi connectivity index (χ4n) is 6.75. The molecule has 0 spiro atoms. The van der Waals surface area contributed by atoms with Crippen LogP contribution in [0.1, 0.15) is 92.6 Å². The zero-order valence-electron chi connectivity index (χ0n) is 15.8. The number of carbonyl (C=O) groups is 1. The Morgan fingerprint density at radius 2 is 2.08 bits per heavy atom. The van der Waals surface area contributed by atoms with Crippen LogP contribution in [-0.2, 0) is 6.42 Å². The second-order valence-corrected chi connectivity index (χ2v) is 9.10. The zero-order chi connectivity index (χ0) is 17.6. The second kappa shape index (κ2) is 6.45. The molecule has 0 bridgehead atoms. The molecule has 0 aliphatic heterocycles. The SMILES string of the molecule is CCCC[C@H]1CC[C@H]2[C@@H]3CCc4cc(O)c(C=O)cc4[C@H]3CC[C@]12C. The van der Waals surface area contributed by atoms with Crippen LogP contribution in [0.4, 0.5) is 0 Å². The average Bonchev–Trinajstić information content (AvgIpc) is 2.95. The maximum absolute atomic E-state index is 11.3. The summed E-state index contributed by atoms with van der Waals surface area (Å²) in [6.45, 7) is 4.90. The van der Waals surface area contributed by atoms with Gasteiger partial charge in [0.1, 0.15) is 5.75 Å². The number of aromatic hydroxyl groups is 1. The molecule has 1 N–H and O–H groups in total. The minimum absolute atomic E-state index is 0.161. The quantitative estimate of drug-likeness (QED) is 0.696. The molecule has 2 heteroatoms. The van der Waals surface area contributed by atoms with Crippen LogP contribution >= 0.6 is 0 Å². The van der Waals surface area contributed by atoms with E-state index in [1.54, 1.807) is 0 Å². The maximum atomic E-state index is 11.3. The van der Waals surface area contributed by atoms with Gasteiger partial charge in [0.05, 0.1) is 5.56 Å². The number of carbonyl (C=O) groups excluding carboxylic acids is 1. The molecule has 0 radical (unpaired) electrons. The van der Waals surface area contributed by atoms with Gasteiger partial charge in [-0.2, -0.15) is 0 Å². The summed E-state index contributed by atoms with van der Waals surface area (Å²) in [4.78, 5) is 11.3. The van der Waals surface area contributed by atoms with Gasteiger partial charge in [-0.05, 0) is 97.3 Å². The highest BCUT2D eigenvalue weighted by atomic mass is 16.3. The molecule has 2 fully saturated rings. The number of unbranched alkanes of at least 4 members (excludes halogenated alkanes) is 1. The minimum Gasteiger partial charge on any atom is -0.507 e. The largest absolute Gasteiger partial charge is 0.507 e. The van der Waals surface area contributed by atoms with Gasteiger partial charge in [-0.1, -0.05) is 26.7 Å². The molecular weight excluding hydrogens is 308 g/mol. The molecule has 0 amide bonds. The van der Waals surface area contributed by atoms with Crippen molar-refractivity contribution in [3.05, 3.63) is 28.8 Å². The van der Waals surface area contributed by atoms with E-state index in [4.69, 9.17) is 0 Å². The molecule has 2 nitrogen and oxygen atoms in total. The molecule has 3 aliphatic carbocycles. The van der Waals surface area contributed by atoms with Crippen LogP contribution in [0.25, 0.3) is 0 Å². The predicted molar refractivity (Wildman–Crippen MR) is 101 cm³/mol. The van der Waals surface area contributed by atoms with Crippen LogP contribution in [-0.4, -0.2) is 11.4 Å². The van der Waals surface area contributed by atoms with Crippen LogP contribution in [0.2, 0.25) is 0 Å². The fourth-order valence-corrected chi connectivity index (χ4v) is 6.75. The Labute approximate surface area is 152 Å². The number of phenolic OH excluding ortho intramolecular Hbond substituents is 1. The third kappa shape index (κ3) is 2.64. The molecule has 5 atom stereocenters. The van der Waals surface area contributed by atoms with Gasteiger partial charge >= 0.3 is 0 Å². The molecule has 1 aromatic rings. The van der Waals surface area contributed by atoms with Crippen LogP contribution < -0.4 is 0 Å². The van der Waals surface area contributed by atoms with Gasteiger partial charge < -0.3 is 5.11 Å². The van der Waals surface area contributed by atoms with Gasteiger partial charge in [0, 0.05) is 0 Å². The number of fused-ring (bicyclic) bond motifs is 5. The summed E-state index contributed by atoms with van der Waals surface area (Å²) in [5, 5.41) is 10.0.